The van der Waals surface area contributed by atoms with E-state index in [9.17, 15) is 9.59 Å². The van der Waals surface area contributed by atoms with Gasteiger partial charge in [-0.1, -0.05) is 0 Å². The van der Waals surface area contributed by atoms with Crippen molar-refractivity contribution in [2.75, 3.05) is 5.32 Å². The van der Waals surface area contributed by atoms with Gasteiger partial charge in [-0.05, 0) is 6.92 Å². The molecule has 0 saturated heterocycles. The molecule has 0 aliphatic heterocycles. The second-order valence-corrected chi connectivity index (χ2v) is 2.74. The van der Waals surface area contributed by atoms with Gasteiger partial charge in [0.05, 0.1) is 12.1 Å². The zero-order chi connectivity index (χ0) is 10.6. The maximum atomic E-state index is 11.1. The monoisotopic (exact) mass is 198 g/mol. The van der Waals surface area contributed by atoms with Gasteiger partial charge in [0.25, 0.3) is 0 Å². The lowest BCUT2D eigenvalue weighted by molar-refractivity contribution is -0.138. The Labute approximate surface area is 79.9 Å². The van der Waals surface area contributed by atoms with E-state index in [4.69, 9.17) is 9.52 Å². The van der Waals surface area contributed by atoms with Gasteiger partial charge in [0.2, 0.25) is 5.91 Å². The molecule has 0 saturated carbocycles. The van der Waals surface area contributed by atoms with Gasteiger partial charge in [0.15, 0.2) is 0 Å². The molecule has 0 aliphatic carbocycles. The minimum Gasteiger partial charge on any atom is -0.481 e. The molecule has 1 rings (SSSR count). The number of nitrogens with one attached hydrogen (secondary N) is 1. The summed E-state index contributed by atoms with van der Waals surface area (Å²) in [7, 11) is 0. The highest BCUT2D eigenvalue weighted by atomic mass is 16.4. The van der Waals surface area contributed by atoms with Crippen LogP contribution in [0.25, 0.3) is 0 Å². The van der Waals surface area contributed by atoms with Crippen LogP contribution in [0.4, 0.5) is 6.01 Å². The van der Waals surface area contributed by atoms with Crippen molar-refractivity contribution in [2.45, 2.75) is 19.8 Å². The van der Waals surface area contributed by atoms with E-state index in [1.165, 1.54) is 6.26 Å². The van der Waals surface area contributed by atoms with Crippen LogP contribution in [-0.4, -0.2) is 22.0 Å². The molecule has 0 fully saturated rings. The van der Waals surface area contributed by atoms with E-state index in [0.717, 1.165) is 0 Å². The van der Waals surface area contributed by atoms with E-state index in [1.54, 1.807) is 6.92 Å². The number of aromatic nitrogens is 1. The number of anilines is 1. The van der Waals surface area contributed by atoms with E-state index >= 15 is 0 Å². The zero-order valence-electron chi connectivity index (χ0n) is 7.61. The second-order valence-electron chi connectivity index (χ2n) is 2.74. The van der Waals surface area contributed by atoms with Crippen molar-refractivity contribution in [3.8, 4) is 0 Å². The van der Waals surface area contributed by atoms with Crippen molar-refractivity contribution in [1.29, 1.82) is 0 Å². The van der Waals surface area contributed by atoms with Gasteiger partial charge >= 0.3 is 12.0 Å². The number of aryl methyl sites for hydroxylation is 1. The van der Waals surface area contributed by atoms with Crippen molar-refractivity contribution in [2.24, 2.45) is 0 Å². The number of carbonyl (C=O) groups is 2. The smallest absolute Gasteiger partial charge is 0.303 e. The largest absolute Gasteiger partial charge is 0.481 e. The van der Waals surface area contributed by atoms with Crippen molar-refractivity contribution < 1.29 is 19.1 Å². The highest BCUT2D eigenvalue weighted by molar-refractivity contribution is 5.90. The molecule has 0 bridgehead atoms. The summed E-state index contributed by atoms with van der Waals surface area (Å²) in [6.07, 6.45) is 1.11. The zero-order valence-corrected chi connectivity index (χ0v) is 7.61. The SMILES string of the molecule is Cc1coc(NC(=O)CCC(=O)O)n1. The Morgan fingerprint density at radius 3 is 2.79 bits per heavy atom. The van der Waals surface area contributed by atoms with Gasteiger partial charge in [0.1, 0.15) is 6.26 Å². The van der Waals surface area contributed by atoms with Gasteiger partial charge < -0.3 is 9.52 Å². The molecule has 2 N–H and O–H groups in total. The Hall–Kier alpha value is -1.85. The number of aliphatic carboxylic acids is 1. The summed E-state index contributed by atoms with van der Waals surface area (Å²) < 4.78 is 4.85. The molecular weight excluding hydrogens is 188 g/mol. The predicted octanol–water partition coefficient (Wildman–Crippen LogP) is 0.786. The van der Waals surface area contributed by atoms with E-state index in [-0.39, 0.29) is 18.9 Å². The minimum atomic E-state index is -1.01. The molecule has 1 heterocycles. The fourth-order valence-corrected chi connectivity index (χ4v) is 0.814. The molecule has 0 aromatic carbocycles. The van der Waals surface area contributed by atoms with Crippen LogP contribution in [0.1, 0.15) is 18.5 Å². The molecule has 0 radical (unpaired) electrons. The lowest BCUT2D eigenvalue weighted by Crippen LogP contribution is -2.13. The number of oxazole rings is 1. The average Bonchev–Trinajstić information content (AvgIpc) is 2.48. The Balaban J connectivity index is 2.37. The van der Waals surface area contributed by atoms with Crippen LogP contribution in [-0.2, 0) is 9.59 Å². The van der Waals surface area contributed by atoms with Crippen LogP contribution in [0.15, 0.2) is 10.7 Å². The van der Waals surface area contributed by atoms with E-state index in [2.05, 4.69) is 10.3 Å². The molecule has 0 aliphatic rings. The van der Waals surface area contributed by atoms with Crippen LogP contribution in [0.2, 0.25) is 0 Å². The Bertz CT molecular complexity index is 345. The number of amides is 1. The fourth-order valence-electron chi connectivity index (χ4n) is 0.814. The first-order valence-electron chi connectivity index (χ1n) is 4.01. The standard InChI is InChI=1S/C8H10N2O4/c1-5-4-14-8(9-5)10-6(11)2-3-7(12)13/h4H,2-3H2,1H3,(H,12,13)(H,9,10,11). The normalized spacial score (nSPS) is 9.79. The number of hydrogen-bond donors (Lipinski definition) is 2. The third-order valence-corrected chi connectivity index (χ3v) is 1.43. The Morgan fingerprint density at radius 1 is 1.57 bits per heavy atom. The lowest BCUT2D eigenvalue weighted by atomic mass is 10.3. The van der Waals surface area contributed by atoms with Gasteiger partial charge in [-0.25, -0.2) is 0 Å². The molecule has 14 heavy (non-hydrogen) atoms. The molecule has 1 aromatic heterocycles. The molecule has 0 spiro atoms. The van der Waals surface area contributed by atoms with Crippen molar-refractivity contribution >= 4 is 17.9 Å². The van der Waals surface area contributed by atoms with Crippen molar-refractivity contribution in [1.82, 2.24) is 4.98 Å². The predicted molar refractivity (Wildman–Crippen MR) is 46.7 cm³/mol. The van der Waals surface area contributed by atoms with Crippen LogP contribution in [0.3, 0.4) is 0 Å². The molecule has 6 nitrogen and oxygen atoms in total. The second kappa shape index (κ2) is 4.40. The van der Waals surface area contributed by atoms with E-state index in [1.807, 2.05) is 0 Å². The third kappa shape index (κ3) is 3.26. The topological polar surface area (TPSA) is 92.4 Å². The Morgan fingerprint density at radius 2 is 2.29 bits per heavy atom. The van der Waals surface area contributed by atoms with Crippen LogP contribution in [0, 0.1) is 6.92 Å². The van der Waals surface area contributed by atoms with E-state index in [0.29, 0.717) is 5.69 Å². The van der Waals surface area contributed by atoms with Gasteiger partial charge in [-0.3, -0.25) is 14.9 Å². The molecule has 1 aromatic rings. The molecule has 0 atom stereocenters. The third-order valence-electron chi connectivity index (χ3n) is 1.43. The molecular formula is C8H10N2O4. The summed E-state index contributed by atoms with van der Waals surface area (Å²) in [6.45, 7) is 1.72. The number of carbonyl (C=O) groups excluding carboxylic acids is 1. The first kappa shape index (κ1) is 10.2. The molecule has 76 valence electrons. The van der Waals surface area contributed by atoms with Gasteiger partial charge in [-0.15, -0.1) is 0 Å². The summed E-state index contributed by atoms with van der Waals surface area (Å²) >= 11 is 0. The molecule has 1 amide bonds. The van der Waals surface area contributed by atoms with Crippen molar-refractivity contribution in [3.63, 3.8) is 0 Å². The van der Waals surface area contributed by atoms with E-state index < -0.39 is 11.9 Å². The lowest BCUT2D eigenvalue weighted by Gasteiger charge is -1.97. The first-order valence-corrected chi connectivity index (χ1v) is 4.01. The first-order chi connectivity index (χ1) is 6.58. The van der Waals surface area contributed by atoms with Crippen molar-refractivity contribution in [3.05, 3.63) is 12.0 Å². The fraction of sp³-hybridized carbons (Fsp3) is 0.375. The summed E-state index contributed by atoms with van der Waals surface area (Å²) in [6, 6.07) is 0.0953. The van der Waals surface area contributed by atoms with Gasteiger partial charge in [-0.2, -0.15) is 4.98 Å². The quantitative estimate of drug-likeness (QED) is 0.745. The van der Waals surface area contributed by atoms with Crippen LogP contribution >= 0.6 is 0 Å². The minimum absolute atomic E-state index is 0.0865. The van der Waals surface area contributed by atoms with Crippen LogP contribution < -0.4 is 5.32 Å². The summed E-state index contributed by atoms with van der Waals surface area (Å²) in [4.78, 5) is 25.0. The number of rotatable bonds is 4. The Kier molecular flexibility index (Phi) is 3.22. The number of nitrogens with zero attached hydrogens (tertiary/aromatic N) is 1. The summed E-state index contributed by atoms with van der Waals surface area (Å²) in [5.41, 5.74) is 0.651. The average molecular weight is 198 g/mol. The molecule has 6 heteroatoms. The highest BCUT2D eigenvalue weighted by Gasteiger charge is 2.08. The number of hydrogen-bond acceptors (Lipinski definition) is 4. The van der Waals surface area contributed by atoms with Gasteiger partial charge in [0, 0.05) is 6.42 Å². The maximum Gasteiger partial charge on any atom is 0.303 e. The maximum absolute atomic E-state index is 11.1. The summed E-state index contributed by atoms with van der Waals surface area (Å²) in [5, 5.41) is 10.7. The summed E-state index contributed by atoms with van der Waals surface area (Å²) in [5.74, 6) is -1.43. The number of carboxylic acid groups (broad SMARTS) is 1. The van der Waals surface area contributed by atoms with Crippen LogP contribution in [0.5, 0.6) is 0 Å². The molecule has 0 unspecified atom stereocenters. The highest BCUT2D eigenvalue weighted by Crippen LogP contribution is 2.06. The number of carboxylic acids is 1.